The minimum Gasteiger partial charge on any atom is -0.392 e. The van der Waals surface area contributed by atoms with Gasteiger partial charge in [-0.25, -0.2) is 0 Å². The summed E-state index contributed by atoms with van der Waals surface area (Å²) in [4.78, 5) is 0. The first-order chi connectivity index (χ1) is 5.72. The summed E-state index contributed by atoms with van der Waals surface area (Å²) in [6.07, 6.45) is 2.16. The van der Waals surface area contributed by atoms with Crippen LogP contribution in [0.2, 0.25) is 0 Å². The lowest BCUT2D eigenvalue weighted by molar-refractivity contribution is 0.165. The van der Waals surface area contributed by atoms with E-state index in [0.29, 0.717) is 13.0 Å². The molecule has 0 aliphatic carbocycles. The van der Waals surface area contributed by atoms with Gasteiger partial charge in [0.25, 0.3) is 0 Å². The lowest BCUT2D eigenvalue weighted by atomic mass is 10.2. The second kappa shape index (κ2) is 4.23. The van der Waals surface area contributed by atoms with E-state index >= 15 is 0 Å². The van der Waals surface area contributed by atoms with Gasteiger partial charge in [-0.1, -0.05) is 0 Å². The zero-order valence-corrected chi connectivity index (χ0v) is 7.27. The van der Waals surface area contributed by atoms with E-state index in [9.17, 15) is 0 Å². The van der Waals surface area contributed by atoms with Crippen LogP contribution in [0.15, 0.2) is 12.3 Å². The van der Waals surface area contributed by atoms with Gasteiger partial charge in [0.15, 0.2) is 0 Å². The van der Waals surface area contributed by atoms with Gasteiger partial charge in [0.05, 0.1) is 11.8 Å². The quantitative estimate of drug-likeness (QED) is 0.661. The van der Waals surface area contributed by atoms with Crippen LogP contribution in [0, 0.1) is 6.92 Å². The molecule has 0 spiro atoms. The highest BCUT2D eigenvalue weighted by Gasteiger charge is 2.01. The van der Waals surface area contributed by atoms with Crippen molar-refractivity contribution in [1.29, 1.82) is 0 Å². The first-order valence-electron chi connectivity index (χ1n) is 4.10. The molecule has 0 saturated heterocycles. The summed E-state index contributed by atoms with van der Waals surface area (Å²) in [5.41, 5.74) is 6.26. The molecular weight excluding hydrogens is 154 g/mol. The Morgan fingerprint density at radius 3 is 3.00 bits per heavy atom. The van der Waals surface area contributed by atoms with E-state index in [1.54, 1.807) is 0 Å². The van der Waals surface area contributed by atoms with Crippen molar-refractivity contribution < 1.29 is 5.11 Å². The molecule has 4 heteroatoms. The van der Waals surface area contributed by atoms with Crippen molar-refractivity contribution in [3.8, 4) is 0 Å². The molecule has 0 aliphatic heterocycles. The van der Waals surface area contributed by atoms with Crippen molar-refractivity contribution in [2.75, 3.05) is 6.54 Å². The van der Waals surface area contributed by atoms with Gasteiger partial charge in [0.1, 0.15) is 0 Å². The number of nitrogens with zero attached hydrogens (tertiary/aromatic N) is 2. The van der Waals surface area contributed by atoms with Crippen molar-refractivity contribution in [2.45, 2.75) is 26.0 Å². The molecule has 68 valence electrons. The second-order valence-corrected chi connectivity index (χ2v) is 2.90. The minimum absolute atomic E-state index is 0.320. The number of aromatic nitrogens is 2. The van der Waals surface area contributed by atoms with E-state index in [4.69, 9.17) is 10.8 Å². The molecule has 1 aromatic heterocycles. The summed E-state index contributed by atoms with van der Waals surface area (Å²) in [5.74, 6) is 0. The third kappa shape index (κ3) is 2.64. The van der Waals surface area contributed by atoms with E-state index < -0.39 is 6.10 Å². The highest BCUT2D eigenvalue weighted by molar-refractivity contribution is 4.94. The molecule has 1 rings (SSSR count). The summed E-state index contributed by atoms with van der Waals surface area (Å²) in [6.45, 7) is 2.99. The maximum atomic E-state index is 9.16. The third-order valence-electron chi connectivity index (χ3n) is 1.74. The van der Waals surface area contributed by atoms with Crippen molar-refractivity contribution in [2.24, 2.45) is 5.73 Å². The molecule has 1 heterocycles. The van der Waals surface area contributed by atoms with Crippen LogP contribution in [0.25, 0.3) is 0 Å². The molecule has 0 aromatic carbocycles. The van der Waals surface area contributed by atoms with Gasteiger partial charge in [-0.05, 0) is 19.4 Å². The van der Waals surface area contributed by atoms with E-state index in [0.717, 1.165) is 12.2 Å². The van der Waals surface area contributed by atoms with Crippen LogP contribution >= 0.6 is 0 Å². The Morgan fingerprint density at radius 1 is 1.75 bits per heavy atom. The molecule has 1 atom stereocenters. The molecule has 0 fully saturated rings. The van der Waals surface area contributed by atoms with Crippen LogP contribution in [-0.4, -0.2) is 27.5 Å². The van der Waals surface area contributed by atoms with Gasteiger partial charge in [0, 0.05) is 19.3 Å². The van der Waals surface area contributed by atoms with E-state index in [-0.39, 0.29) is 0 Å². The highest BCUT2D eigenvalue weighted by Crippen LogP contribution is 1.96. The summed E-state index contributed by atoms with van der Waals surface area (Å²) in [6, 6.07) is 1.94. The van der Waals surface area contributed by atoms with Crippen LogP contribution in [0.1, 0.15) is 12.1 Å². The van der Waals surface area contributed by atoms with Crippen molar-refractivity contribution in [1.82, 2.24) is 9.78 Å². The molecule has 0 amide bonds. The van der Waals surface area contributed by atoms with Crippen molar-refractivity contribution >= 4 is 0 Å². The fourth-order valence-electron chi connectivity index (χ4n) is 0.987. The summed E-state index contributed by atoms with van der Waals surface area (Å²) >= 11 is 0. The number of rotatable bonds is 4. The Bertz CT molecular complexity index is 234. The Labute approximate surface area is 72.0 Å². The SMILES string of the molecule is Cc1ccn(CCC(O)CN)n1. The molecule has 1 aromatic rings. The standard InChI is InChI=1S/C8H15N3O/c1-7-2-4-11(10-7)5-3-8(12)6-9/h2,4,8,12H,3,5-6,9H2,1H3. The monoisotopic (exact) mass is 169 g/mol. The maximum Gasteiger partial charge on any atom is 0.0680 e. The van der Waals surface area contributed by atoms with Gasteiger partial charge in [-0.15, -0.1) is 0 Å². The molecule has 4 nitrogen and oxygen atoms in total. The number of aliphatic hydroxyl groups excluding tert-OH is 1. The van der Waals surface area contributed by atoms with E-state index in [1.165, 1.54) is 0 Å². The zero-order chi connectivity index (χ0) is 8.97. The predicted octanol–water partition coefficient (Wildman–Crippen LogP) is -0.0988. The average molecular weight is 169 g/mol. The molecule has 0 aliphatic rings. The zero-order valence-electron chi connectivity index (χ0n) is 7.27. The number of aliphatic hydroxyl groups is 1. The van der Waals surface area contributed by atoms with Gasteiger partial charge in [-0.3, -0.25) is 4.68 Å². The normalized spacial score (nSPS) is 13.2. The maximum absolute atomic E-state index is 9.16. The predicted molar refractivity (Wildman–Crippen MR) is 46.6 cm³/mol. The smallest absolute Gasteiger partial charge is 0.0680 e. The molecule has 0 radical (unpaired) electrons. The third-order valence-corrected chi connectivity index (χ3v) is 1.74. The molecule has 0 bridgehead atoms. The highest BCUT2D eigenvalue weighted by atomic mass is 16.3. The number of hydrogen-bond donors (Lipinski definition) is 2. The molecule has 3 N–H and O–H groups in total. The number of aryl methyl sites for hydroxylation is 2. The van der Waals surface area contributed by atoms with Crippen LogP contribution in [0.4, 0.5) is 0 Å². The van der Waals surface area contributed by atoms with Crippen LogP contribution in [-0.2, 0) is 6.54 Å². The molecular formula is C8H15N3O. The Morgan fingerprint density at radius 2 is 2.50 bits per heavy atom. The van der Waals surface area contributed by atoms with Crippen LogP contribution in [0.3, 0.4) is 0 Å². The summed E-state index contributed by atoms with van der Waals surface area (Å²) < 4.78 is 1.81. The molecule has 12 heavy (non-hydrogen) atoms. The van der Waals surface area contributed by atoms with Crippen LogP contribution in [0.5, 0.6) is 0 Å². The van der Waals surface area contributed by atoms with Crippen molar-refractivity contribution in [3.05, 3.63) is 18.0 Å². The molecule has 0 saturated carbocycles. The fourth-order valence-corrected chi connectivity index (χ4v) is 0.987. The van der Waals surface area contributed by atoms with Crippen molar-refractivity contribution in [3.63, 3.8) is 0 Å². The second-order valence-electron chi connectivity index (χ2n) is 2.90. The first kappa shape index (κ1) is 9.22. The average Bonchev–Trinajstić information content (AvgIpc) is 2.47. The lowest BCUT2D eigenvalue weighted by Gasteiger charge is -2.06. The molecule has 1 unspecified atom stereocenters. The number of hydrogen-bond acceptors (Lipinski definition) is 3. The summed E-state index contributed by atoms with van der Waals surface area (Å²) in [7, 11) is 0. The lowest BCUT2D eigenvalue weighted by Crippen LogP contribution is -2.21. The van der Waals surface area contributed by atoms with Crippen LogP contribution < -0.4 is 5.73 Å². The Hall–Kier alpha value is -0.870. The fraction of sp³-hybridized carbons (Fsp3) is 0.625. The van der Waals surface area contributed by atoms with E-state index in [1.807, 2.05) is 23.9 Å². The van der Waals surface area contributed by atoms with Gasteiger partial charge < -0.3 is 10.8 Å². The van der Waals surface area contributed by atoms with Gasteiger partial charge in [0.2, 0.25) is 0 Å². The largest absolute Gasteiger partial charge is 0.392 e. The topological polar surface area (TPSA) is 64.1 Å². The Balaban J connectivity index is 2.33. The van der Waals surface area contributed by atoms with Gasteiger partial charge in [-0.2, -0.15) is 5.10 Å². The number of nitrogens with two attached hydrogens (primary N) is 1. The van der Waals surface area contributed by atoms with Gasteiger partial charge >= 0.3 is 0 Å². The Kier molecular flexibility index (Phi) is 3.25. The summed E-state index contributed by atoms with van der Waals surface area (Å²) in [5, 5.41) is 13.3. The first-order valence-corrected chi connectivity index (χ1v) is 4.10. The minimum atomic E-state index is -0.408. The van der Waals surface area contributed by atoms with E-state index in [2.05, 4.69) is 5.10 Å².